The molecule has 1 fully saturated rings. The Morgan fingerprint density at radius 1 is 0.846 bits per heavy atom. The molecule has 0 spiro atoms. The molecule has 0 unspecified atom stereocenters. The third-order valence-electron chi connectivity index (χ3n) is 6.30. The first-order valence-electron chi connectivity index (χ1n) is 14.0. The number of aliphatic hydroxyl groups is 4. The van der Waals surface area contributed by atoms with Crippen molar-refractivity contribution in [1.82, 2.24) is 0 Å². The maximum atomic E-state index is 11.8. The van der Waals surface area contributed by atoms with E-state index < -0.39 is 71.9 Å². The predicted octanol–water partition coefficient (Wildman–Crippen LogP) is 2.42. The number of carbonyl (C=O) groups is 1. The maximum absolute atomic E-state index is 11.8. The molecule has 0 aliphatic carbocycles. The van der Waals surface area contributed by atoms with Crippen molar-refractivity contribution >= 4 is 16.1 Å². The van der Waals surface area contributed by atoms with Gasteiger partial charge in [-0.3, -0.25) is 4.55 Å². The first kappa shape index (κ1) is 35.6. The molecule has 1 saturated heterocycles. The van der Waals surface area contributed by atoms with Crippen molar-refractivity contribution < 1.29 is 52.4 Å². The van der Waals surface area contributed by atoms with Crippen LogP contribution in [0.3, 0.4) is 0 Å². The number of unbranched alkanes of at least 4 members (excludes halogenated alkanes) is 10. The van der Waals surface area contributed by atoms with Crippen molar-refractivity contribution in [2.75, 3.05) is 19.0 Å². The lowest BCUT2D eigenvalue weighted by Gasteiger charge is -2.40. The molecule has 1 heterocycles. The first-order valence-corrected chi connectivity index (χ1v) is 15.6. The van der Waals surface area contributed by atoms with Crippen LogP contribution in [0.4, 0.5) is 0 Å². The molecule has 0 radical (unpaired) electrons. The first-order chi connectivity index (χ1) is 18.5. The molecule has 0 bridgehead atoms. The number of hydrogen-bond donors (Lipinski definition) is 5. The molecule has 0 amide bonds. The van der Waals surface area contributed by atoms with Gasteiger partial charge in [0.1, 0.15) is 42.9 Å². The fraction of sp³-hybridized carbons (Fsp3) is 0.815. The minimum atomic E-state index is -4.54. The molecule has 0 aromatic carbocycles. The summed E-state index contributed by atoms with van der Waals surface area (Å²) in [6.07, 6.45) is 11.7. The number of allylic oxidation sites excluding steroid dienone is 3. The molecule has 12 heteroatoms. The Hall–Kier alpha value is -1.38. The molecule has 228 valence electrons. The average Bonchev–Trinajstić information content (AvgIpc) is 2.88. The van der Waals surface area contributed by atoms with Gasteiger partial charge in [-0.2, -0.15) is 8.42 Å². The van der Waals surface area contributed by atoms with Crippen molar-refractivity contribution in [2.24, 2.45) is 0 Å². The SMILES string of the molecule is CCCCCCCC/C=C\CCCCC/C=C\C(=O)OC[C@@H](O)CO[C@H]1O[C@H](CS(=O)(=O)O)[C@@H](O)[C@H](O)[C@H]1O. The molecular weight excluding hydrogens is 532 g/mol. The van der Waals surface area contributed by atoms with E-state index in [1.54, 1.807) is 6.08 Å². The second-order valence-corrected chi connectivity index (χ2v) is 11.4. The zero-order valence-corrected chi connectivity index (χ0v) is 23.8. The third-order valence-corrected chi connectivity index (χ3v) is 7.05. The molecule has 0 aromatic heterocycles. The van der Waals surface area contributed by atoms with E-state index in [0.29, 0.717) is 0 Å². The second kappa shape index (κ2) is 20.5. The zero-order chi connectivity index (χ0) is 29.1. The lowest BCUT2D eigenvalue weighted by Crippen LogP contribution is -2.60. The molecule has 0 aromatic rings. The standard InChI is InChI=1S/C27H48O11S/c1-2-3-4-5-6-7-8-9-10-11-12-13-14-15-16-17-23(29)36-18-21(28)19-37-27-26(32)25(31)24(30)22(38-27)20-39(33,34)35/h9-10,16-17,21-22,24-28,30-32H,2-8,11-15,18-20H2,1H3,(H,33,34,35)/b10-9-,17-16-/t21-,22-,24-,25+,26-,27+/m1/s1. The third kappa shape index (κ3) is 17.1. The number of ether oxygens (including phenoxy) is 3. The molecule has 1 aliphatic heterocycles. The molecule has 1 aliphatic rings. The van der Waals surface area contributed by atoms with Gasteiger partial charge in [-0.1, -0.05) is 63.7 Å². The molecular formula is C27H48O11S. The number of esters is 1. The van der Waals surface area contributed by atoms with Crippen LogP contribution in [0.15, 0.2) is 24.3 Å². The highest BCUT2D eigenvalue weighted by atomic mass is 32.2. The van der Waals surface area contributed by atoms with Crippen molar-refractivity contribution in [3.05, 3.63) is 24.3 Å². The summed E-state index contributed by atoms with van der Waals surface area (Å²) in [6, 6.07) is 0. The highest BCUT2D eigenvalue weighted by Crippen LogP contribution is 2.23. The summed E-state index contributed by atoms with van der Waals surface area (Å²) < 4.78 is 46.3. The predicted molar refractivity (Wildman–Crippen MR) is 145 cm³/mol. The zero-order valence-electron chi connectivity index (χ0n) is 23.0. The summed E-state index contributed by atoms with van der Waals surface area (Å²) in [5.74, 6) is -1.66. The Balaban J connectivity index is 2.13. The van der Waals surface area contributed by atoms with E-state index >= 15 is 0 Å². The Labute approximate surface area is 232 Å². The highest BCUT2D eigenvalue weighted by molar-refractivity contribution is 7.85. The lowest BCUT2D eigenvalue weighted by atomic mass is 10.00. The van der Waals surface area contributed by atoms with Crippen molar-refractivity contribution in [3.8, 4) is 0 Å². The normalized spacial score (nSPS) is 24.9. The molecule has 11 nitrogen and oxygen atoms in total. The van der Waals surface area contributed by atoms with Crippen LogP contribution in [0.25, 0.3) is 0 Å². The summed E-state index contributed by atoms with van der Waals surface area (Å²) in [5, 5.41) is 39.7. The van der Waals surface area contributed by atoms with Gasteiger partial charge in [0.25, 0.3) is 10.1 Å². The van der Waals surface area contributed by atoms with E-state index in [-0.39, 0.29) is 0 Å². The number of aliphatic hydroxyl groups excluding tert-OH is 4. The summed E-state index contributed by atoms with van der Waals surface area (Å²) >= 11 is 0. The monoisotopic (exact) mass is 580 g/mol. The van der Waals surface area contributed by atoms with Crippen LogP contribution in [0.1, 0.15) is 84.0 Å². The van der Waals surface area contributed by atoms with Gasteiger partial charge in [-0.15, -0.1) is 0 Å². The average molecular weight is 581 g/mol. The molecule has 1 rings (SSSR count). The van der Waals surface area contributed by atoms with Gasteiger partial charge >= 0.3 is 5.97 Å². The summed E-state index contributed by atoms with van der Waals surface area (Å²) in [5.41, 5.74) is 0. The minimum Gasteiger partial charge on any atom is -0.460 e. The summed E-state index contributed by atoms with van der Waals surface area (Å²) in [4.78, 5) is 11.8. The van der Waals surface area contributed by atoms with E-state index in [2.05, 4.69) is 19.1 Å². The fourth-order valence-corrected chi connectivity index (χ4v) is 4.73. The lowest BCUT2D eigenvalue weighted by molar-refractivity contribution is -0.296. The van der Waals surface area contributed by atoms with Crippen LogP contribution in [-0.2, 0) is 29.1 Å². The summed E-state index contributed by atoms with van der Waals surface area (Å²) in [6.45, 7) is 1.34. The second-order valence-electron chi connectivity index (χ2n) is 9.95. The minimum absolute atomic E-state index is 0.406. The molecule has 6 atom stereocenters. The van der Waals surface area contributed by atoms with E-state index in [1.165, 1.54) is 44.6 Å². The smallest absolute Gasteiger partial charge is 0.330 e. The highest BCUT2D eigenvalue weighted by Gasteiger charge is 2.45. The molecule has 5 N–H and O–H groups in total. The van der Waals surface area contributed by atoms with Gasteiger partial charge < -0.3 is 34.6 Å². The number of carbonyl (C=O) groups excluding carboxylic acids is 1. The van der Waals surface area contributed by atoms with Gasteiger partial charge in [0, 0.05) is 6.08 Å². The number of rotatable bonds is 21. The Morgan fingerprint density at radius 3 is 2.03 bits per heavy atom. The topological polar surface area (TPSA) is 180 Å². The van der Waals surface area contributed by atoms with Crippen LogP contribution in [0, 0.1) is 0 Å². The van der Waals surface area contributed by atoms with Crippen LogP contribution < -0.4 is 0 Å². The van der Waals surface area contributed by atoms with Gasteiger partial charge in [0.2, 0.25) is 0 Å². The Morgan fingerprint density at radius 2 is 1.41 bits per heavy atom. The van der Waals surface area contributed by atoms with Crippen LogP contribution in [0.5, 0.6) is 0 Å². The van der Waals surface area contributed by atoms with Gasteiger partial charge in [-0.25, -0.2) is 4.79 Å². The number of hydrogen-bond acceptors (Lipinski definition) is 10. The van der Waals surface area contributed by atoms with E-state index in [0.717, 1.165) is 38.5 Å². The van der Waals surface area contributed by atoms with Crippen molar-refractivity contribution in [3.63, 3.8) is 0 Å². The Bertz CT molecular complexity index is 815. The Kier molecular flexibility index (Phi) is 18.7. The maximum Gasteiger partial charge on any atom is 0.330 e. The van der Waals surface area contributed by atoms with Crippen LogP contribution in [-0.4, -0.2) is 95.1 Å². The van der Waals surface area contributed by atoms with Crippen molar-refractivity contribution in [2.45, 2.75) is 121 Å². The van der Waals surface area contributed by atoms with Gasteiger partial charge in [-0.05, 0) is 38.5 Å². The van der Waals surface area contributed by atoms with Crippen LogP contribution >= 0.6 is 0 Å². The van der Waals surface area contributed by atoms with E-state index in [9.17, 15) is 33.6 Å². The van der Waals surface area contributed by atoms with Gasteiger partial charge in [0.15, 0.2) is 6.29 Å². The van der Waals surface area contributed by atoms with Crippen molar-refractivity contribution in [1.29, 1.82) is 0 Å². The quantitative estimate of drug-likeness (QED) is 0.0442. The molecule has 0 saturated carbocycles. The van der Waals surface area contributed by atoms with E-state index in [4.69, 9.17) is 18.8 Å². The summed E-state index contributed by atoms with van der Waals surface area (Å²) in [7, 11) is -4.54. The van der Waals surface area contributed by atoms with Crippen LogP contribution in [0.2, 0.25) is 0 Å². The largest absolute Gasteiger partial charge is 0.460 e. The fourth-order valence-electron chi connectivity index (χ4n) is 4.04. The van der Waals surface area contributed by atoms with Gasteiger partial charge in [0.05, 0.1) is 6.61 Å². The van der Waals surface area contributed by atoms with E-state index in [1.807, 2.05) is 0 Å². The molecule has 39 heavy (non-hydrogen) atoms.